The number of halogens is 4. The quantitative estimate of drug-likeness (QED) is 0.643. The van der Waals surface area contributed by atoms with E-state index >= 15 is 0 Å². The van der Waals surface area contributed by atoms with Crippen molar-refractivity contribution in [3.8, 4) is 5.75 Å². The van der Waals surface area contributed by atoms with Crippen LogP contribution in [0.2, 0.25) is 5.02 Å². The number of benzene rings is 1. The van der Waals surface area contributed by atoms with Crippen LogP contribution < -0.4 is 15.4 Å². The zero-order chi connectivity index (χ0) is 25.0. The molecule has 2 bridgehead atoms. The van der Waals surface area contributed by atoms with Crippen LogP contribution in [0.25, 0.3) is 0 Å². The number of ketones is 1. The minimum absolute atomic E-state index is 0.0149. The molecule has 0 saturated heterocycles. The number of nitrogens with zero attached hydrogens (tertiary/aromatic N) is 1. The Labute approximate surface area is 203 Å². The highest BCUT2D eigenvalue weighted by Gasteiger charge is 2.59. The van der Waals surface area contributed by atoms with Crippen molar-refractivity contribution in [1.29, 1.82) is 0 Å². The molecule has 184 valence electrons. The van der Waals surface area contributed by atoms with E-state index in [-0.39, 0.29) is 36.5 Å². The van der Waals surface area contributed by atoms with Gasteiger partial charge in [0.05, 0.1) is 29.8 Å². The van der Waals surface area contributed by atoms with Gasteiger partial charge in [-0.3, -0.25) is 19.4 Å². The van der Waals surface area contributed by atoms with Gasteiger partial charge in [-0.15, -0.1) is 0 Å². The van der Waals surface area contributed by atoms with Gasteiger partial charge in [0.2, 0.25) is 5.91 Å². The number of hydrogen-bond acceptors (Lipinski definition) is 5. The minimum atomic E-state index is -4.47. The first-order valence-electron chi connectivity index (χ1n) is 11.1. The Bertz CT molecular complexity index is 1200. The summed E-state index contributed by atoms with van der Waals surface area (Å²) in [5.41, 5.74) is -0.704. The molecular weight excluding hydrogens is 487 g/mol. The average Bonchev–Trinajstić information content (AvgIpc) is 3.33. The number of pyridine rings is 1. The van der Waals surface area contributed by atoms with Gasteiger partial charge < -0.3 is 15.4 Å². The normalized spacial score (nSPS) is 26.9. The fourth-order valence-corrected chi connectivity index (χ4v) is 5.40. The molecular formula is C24H21ClF3N3O4. The first-order chi connectivity index (χ1) is 16.5. The van der Waals surface area contributed by atoms with Gasteiger partial charge in [-0.1, -0.05) is 11.6 Å². The monoisotopic (exact) mass is 507 g/mol. The van der Waals surface area contributed by atoms with Gasteiger partial charge in [-0.25, -0.2) is 0 Å². The minimum Gasteiger partial charge on any atom is -0.479 e. The summed E-state index contributed by atoms with van der Waals surface area (Å²) in [5.74, 6) is -0.740. The lowest BCUT2D eigenvalue weighted by Crippen LogP contribution is -2.56. The third-order valence-corrected chi connectivity index (χ3v) is 7.22. The number of aromatic nitrogens is 1. The molecule has 1 aliphatic heterocycles. The molecule has 4 aliphatic rings. The number of hydrogen-bond donors (Lipinski definition) is 2. The SMILES string of the molecule is O=C1CC(C(=O)NC23CC(C2)C(C(=O)NCc2ccc(C(F)(F)F)cn2)C3)Oc2ccc(Cl)cc21. The number of carbonyl (C=O) groups excluding carboxylic acids is 3. The van der Waals surface area contributed by atoms with E-state index in [9.17, 15) is 27.6 Å². The van der Waals surface area contributed by atoms with Crippen LogP contribution in [0.4, 0.5) is 13.2 Å². The Morgan fingerprint density at radius 2 is 1.91 bits per heavy atom. The van der Waals surface area contributed by atoms with Gasteiger partial charge in [0.15, 0.2) is 11.9 Å². The van der Waals surface area contributed by atoms with Crippen molar-refractivity contribution in [2.75, 3.05) is 0 Å². The molecule has 35 heavy (non-hydrogen) atoms. The summed E-state index contributed by atoms with van der Waals surface area (Å²) in [4.78, 5) is 41.8. The Morgan fingerprint density at radius 1 is 1.14 bits per heavy atom. The first-order valence-corrected chi connectivity index (χ1v) is 11.5. The van der Waals surface area contributed by atoms with E-state index in [1.165, 1.54) is 12.1 Å². The van der Waals surface area contributed by atoms with E-state index in [1.807, 2.05) is 0 Å². The molecule has 1 aromatic carbocycles. The van der Waals surface area contributed by atoms with Crippen molar-refractivity contribution >= 4 is 29.2 Å². The highest BCUT2D eigenvalue weighted by atomic mass is 35.5. The van der Waals surface area contributed by atoms with E-state index in [4.69, 9.17) is 16.3 Å². The van der Waals surface area contributed by atoms with Crippen molar-refractivity contribution in [3.05, 3.63) is 58.4 Å². The Hall–Kier alpha value is -3.14. The van der Waals surface area contributed by atoms with Crippen LogP contribution in [0, 0.1) is 11.8 Å². The standard InChI is InChI=1S/C24H21ClF3N3O4/c25-14-2-4-19-16(5-14)18(32)6-20(35-19)22(34)31-23-7-12(8-23)17(9-23)21(33)30-11-15-3-1-13(10-29-15)24(26,27)28/h1-5,10,12,17,20H,6-9,11H2,(H,30,33)(H,31,34). The van der Waals surface area contributed by atoms with Gasteiger partial charge in [0, 0.05) is 22.7 Å². The number of carbonyl (C=O) groups is 3. The molecule has 1 aromatic heterocycles. The van der Waals surface area contributed by atoms with Gasteiger partial charge in [0.25, 0.3) is 5.91 Å². The Balaban J connectivity index is 1.15. The van der Waals surface area contributed by atoms with Crippen LogP contribution in [0.3, 0.4) is 0 Å². The van der Waals surface area contributed by atoms with Gasteiger partial charge in [-0.2, -0.15) is 13.2 Å². The molecule has 2 N–H and O–H groups in total. The van der Waals surface area contributed by atoms with Crippen molar-refractivity contribution in [3.63, 3.8) is 0 Å². The summed E-state index contributed by atoms with van der Waals surface area (Å²) in [6.45, 7) is 0.0149. The third kappa shape index (κ3) is 4.59. The van der Waals surface area contributed by atoms with E-state index in [0.717, 1.165) is 12.3 Å². The van der Waals surface area contributed by atoms with Crippen molar-refractivity contribution in [1.82, 2.24) is 15.6 Å². The van der Waals surface area contributed by atoms with Crippen LogP contribution in [0.5, 0.6) is 5.75 Å². The van der Waals surface area contributed by atoms with Gasteiger partial charge in [-0.05, 0) is 55.5 Å². The number of Topliss-reactive ketones (excluding diaryl/α,β-unsaturated/α-hetero) is 1. The predicted octanol–water partition coefficient (Wildman–Crippen LogP) is 3.69. The predicted molar refractivity (Wildman–Crippen MR) is 118 cm³/mol. The lowest BCUT2D eigenvalue weighted by molar-refractivity contribution is -0.138. The maximum atomic E-state index is 12.9. The fourth-order valence-electron chi connectivity index (χ4n) is 5.23. The number of nitrogens with one attached hydrogen (secondary N) is 2. The number of amides is 2. The van der Waals surface area contributed by atoms with Crippen LogP contribution in [-0.4, -0.2) is 34.2 Å². The highest BCUT2D eigenvalue weighted by molar-refractivity contribution is 6.31. The third-order valence-electron chi connectivity index (χ3n) is 6.98. The summed E-state index contributed by atoms with van der Waals surface area (Å²) in [6.07, 6.45) is -3.05. The fraction of sp³-hybridized carbons (Fsp3) is 0.417. The number of rotatable bonds is 5. The van der Waals surface area contributed by atoms with Crippen LogP contribution in [0.1, 0.15) is 47.3 Å². The Morgan fingerprint density at radius 3 is 2.60 bits per heavy atom. The summed E-state index contributed by atoms with van der Waals surface area (Å²) >= 11 is 5.93. The molecule has 3 saturated carbocycles. The van der Waals surface area contributed by atoms with E-state index in [0.29, 0.717) is 41.3 Å². The first kappa shape index (κ1) is 23.6. The zero-order valence-corrected chi connectivity index (χ0v) is 19.1. The highest BCUT2D eigenvalue weighted by Crippen LogP contribution is 2.55. The van der Waals surface area contributed by atoms with E-state index in [2.05, 4.69) is 15.6 Å². The second-order valence-corrected chi connectivity index (χ2v) is 9.81. The van der Waals surface area contributed by atoms with E-state index in [1.54, 1.807) is 12.1 Å². The van der Waals surface area contributed by atoms with Crippen LogP contribution in [-0.2, 0) is 22.3 Å². The molecule has 6 rings (SSSR count). The van der Waals surface area contributed by atoms with Crippen molar-refractivity contribution < 1.29 is 32.3 Å². The zero-order valence-electron chi connectivity index (χ0n) is 18.3. The molecule has 7 nitrogen and oxygen atoms in total. The van der Waals surface area contributed by atoms with Gasteiger partial charge in [0.1, 0.15) is 5.75 Å². The van der Waals surface area contributed by atoms with Crippen LogP contribution in [0.15, 0.2) is 36.5 Å². The molecule has 3 fully saturated rings. The van der Waals surface area contributed by atoms with E-state index < -0.39 is 29.3 Å². The number of fused-ring (bicyclic) bond motifs is 2. The molecule has 2 atom stereocenters. The topological polar surface area (TPSA) is 97.4 Å². The van der Waals surface area contributed by atoms with Crippen molar-refractivity contribution in [2.45, 2.75) is 50.0 Å². The lowest BCUT2D eigenvalue weighted by Gasteiger charge is -2.40. The molecule has 0 radical (unpaired) electrons. The van der Waals surface area contributed by atoms with Gasteiger partial charge >= 0.3 is 6.18 Å². The average molecular weight is 508 g/mol. The molecule has 3 aliphatic carbocycles. The molecule has 11 heteroatoms. The number of ether oxygens (including phenoxy) is 1. The molecule has 2 amide bonds. The molecule has 2 unspecified atom stereocenters. The summed E-state index contributed by atoms with van der Waals surface area (Å²) < 4.78 is 43.7. The summed E-state index contributed by atoms with van der Waals surface area (Å²) in [5, 5.41) is 6.14. The molecule has 0 spiro atoms. The second-order valence-electron chi connectivity index (χ2n) is 9.38. The summed E-state index contributed by atoms with van der Waals surface area (Å²) in [6, 6.07) is 6.83. The maximum absolute atomic E-state index is 12.9. The van der Waals surface area contributed by atoms with Crippen LogP contribution >= 0.6 is 11.6 Å². The summed E-state index contributed by atoms with van der Waals surface area (Å²) in [7, 11) is 0. The second kappa shape index (κ2) is 8.51. The number of alkyl halides is 3. The maximum Gasteiger partial charge on any atom is 0.417 e. The van der Waals surface area contributed by atoms with Crippen molar-refractivity contribution in [2.24, 2.45) is 11.8 Å². The largest absolute Gasteiger partial charge is 0.479 e. The molecule has 2 aromatic rings. The lowest BCUT2D eigenvalue weighted by atomic mass is 9.76. The Kier molecular flexibility index (Phi) is 5.74. The molecule has 2 heterocycles. The smallest absolute Gasteiger partial charge is 0.417 e.